The van der Waals surface area contributed by atoms with Crippen LogP contribution >= 0.6 is 0 Å². The summed E-state index contributed by atoms with van der Waals surface area (Å²) in [6.45, 7) is 18.3. The molecule has 1 fully saturated rings. The summed E-state index contributed by atoms with van der Waals surface area (Å²) in [6.07, 6.45) is 0. The van der Waals surface area contributed by atoms with Gasteiger partial charge in [-0.3, -0.25) is 0 Å². The van der Waals surface area contributed by atoms with Gasteiger partial charge in [0, 0.05) is 6.55 Å². The lowest BCUT2D eigenvalue weighted by Crippen LogP contribution is -2.64. The van der Waals surface area contributed by atoms with E-state index in [2.05, 4.69) is 19.6 Å². The van der Waals surface area contributed by atoms with Crippen molar-refractivity contribution in [3.8, 4) is 0 Å². The number of rotatable bonds is 0. The average Bonchev–Trinajstić information content (AvgIpc) is 1.67. The third kappa shape index (κ3) is 4.45. The van der Waals surface area contributed by atoms with Crippen LogP contribution in [0.1, 0.15) is 0 Å². The second-order valence-electron chi connectivity index (χ2n) is 5.74. The molecule has 0 unspecified atom stereocenters. The minimum Gasteiger partial charge on any atom is -0.416 e. The second kappa shape index (κ2) is 4.05. The lowest BCUT2D eigenvalue weighted by atomic mass is 11.9. The van der Waals surface area contributed by atoms with Crippen molar-refractivity contribution in [2.24, 2.45) is 0 Å². The van der Waals surface area contributed by atoms with Crippen molar-refractivity contribution in [3.05, 3.63) is 6.55 Å². The first-order valence-electron chi connectivity index (χ1n) is 5.49. The Morgan fingerprint density at radius 2 is 0.812 bits per heavy atom. The minimum absolute atomic E-state index is 1.96. The second-order valence-corrected chi connectivity index (χ2v) is 19.7. The van der Waals surface area contributed by atoms with Gasteiger partial charge < -0.3 is 16.5 Å². The Balaban J connectivity index is 2.98. The minimum atomic E-state index is -2.36. The van der Waals surface area contributed by atoms with Crippen molar-refractivity contribution in [2.45, 2.75) is 45.8 Å². The molecule has 94 valence electrons. The van der Waals surface area contributed by atoms with Crippen molar-refractivity contribution in [3.63, 3.8) is 0 Å². The molecule has 0 aromatic rings. The van der Waals surface area contributed by atoms with Crippen LogP contribution in [-0.4, -0.2) is 34.2 Å². The zero-order valence-corrected chi connectivity index (χ0v) is 15.3. The fourth-order valence-corrected chi connectivity index (χ4v) is 22.3. The fourth-order valence-electron chi connectivity index (χ4n) is 2.31. The summed E-state index contributed by atoms with van der Waals surface area (Å²) in [6, 6.07) is 0. The molecule has 1 rings (SSSR count). The Labute approximate surface area is 103 Å². The molecule has 0 spiro atoms. The van der Waals surface area contributed by atoms with E-state index in [-0.39, 0.29) is 0 Å². The molecular weight excluding hydrogens is 272 g/mol. The molecule has 8 heteroatoms. The van der Waals surface area contributed by atoms with Crippen molar-refractivity contribution in [1.29, 1.82) is 0 Å². The Kier molecular flexibility index (Phi) is 3.71. The van der Waals surface area contributed by atoms with E-state index in [1.54, 1.807) is 0 Å². The number of hydrogen-bond acceptors (Lipinski definition) is 4. The van der Waals surface area contributed by atoms with E-state index < -0.39 is 34.2 Å². The molecule has 0 bridgehead atoms. The molecule has 0 amide bonds. The Morgan fingerprint density at radius 1 is 0.562 bits per heavy atom. The van der Waals surface area contributed by atoms with Crippen LogP contribution < -0.4 is 0 Å². The SMILES string of the molecule is [CH2+][Si]1(C)O[Si](C)(C)O[Si](C)(C)O[Si](C)(C)O1. The lowest BCUT2D eigenvalue weighted by molar-refractivity contribution is 0.241. The highest BCUT2D eigenvalue weighted by Crippen LogP contribution is 2.29. The van der Waals surface area contributed by atoms with Gasteiger partial charge in [0.05, 0.1) is 6.55 Å². The zero-order chi connectivity index (χ0) is 12.8. The van der Waals surface area contributed by atoms with Gasteiger partial charge in [0.2, 0.25) is 0 Å². The molecule has 0 aromatic carbocycles. The van der Waals surface area contributed by atoms with Gasteiger partial charge in [0.25, 0.3) is 0 Å². The van der Waals surface area contributed by atoms with Crippen LogP contribution in [-0.2, 0) is 16.5 Å². The Morgan fingerprint density at radius 3 is 1.12 bits per heavy atom. The van der Waals surface area contributed by atoms with Gasteiger partial charge in [-0.05, 0) is 39.3 Å². The maximum atomic E-state index is 6.12. The van der Waals surface area contributed by atoms with Crippen LogP contribution in [0.3, 0.4) is 0 Å². The van der Waals surface area contributed by atoms with E-state index in [0.29, 0.717) is 0 Å². The molecule has 1 saturated heterocycles. The largest absolute Gasteiger partial charge is 0.548 e. The quantitative estimate of drug-likeness (QED) is 0.508. The summed E-state index contributed by atoms with van der Waals surface area (Å²) in [5.74, 6) is 0. The number of hydrogen-bond donors (Lipinski definition) is 0. The van der Waals surface area contributed by atoms with Gasteiger partial charge >= 0.3 is 34.2 Å². The van der Waals surface area contributed by atoms with Crippen molar-refractivity contribution >= 4 is 34.2 Å². The summed E-state index contributed by atoms with van der Waals surface area (Å²) in [7, 11) is -8.85. The monoisotopic (exact) mass is 295 g/mol. The van der Waals surface area contributed by atoms with E-state index in [0.717, 1.165) is 0 Å². The maximum Gasteiger partial charge on any atom is 0.548 e. The molecule has 0 aliphatic carbocycles. The van der Waals surface area contributed by atoms with Crippen LogP contribution in [0.4, 0.5) is 0 Å². The lowest BCUT2D eigenvalue weighted by Gasteiger charge is -2.43. The Hall–Kier alpha value is 0.578. The maximum absolute atomic E-state index is 6.12. The van der Waals surface area contributed by atoms with Crippen LogP contribution in [0.2, 0.25) is 45.8 Å². The van der Waals surface area contributed by atoms with Crippen LogP contribution in [0.15, 0.2) is 0 Å². The van der Waals surface area contributed by atoms with Crippen LogP contribution in [0, 0.1) is 6.55 Å². The first-order valence-corrected chi connectivity index (χ1v) is 16.5. The average molecular weight is 296 g/mol. The first kappa shape index (κ1) is 14.6. The molecular formula is C8H23O4Si4+. The summed E-state index contributed by atoms with van der Waals surface area (Å²) >= 11 is 0. The van der Waals surface area contributed by atoms with Crippen molar-refractivity contribution < 1.29 is 16.5 Å². The van der Waals surface area contributed by atoms with Crippen molar-refractivity contribution in [2.75, 3.05) is 0 Å². The third-order valence-electron chi connectivity index (χ3n) is 1.91. The van der Waals surface area contributed by atoms with E-state index in [1.807, 2.05) is 32.7 Å². The highest BCUT2D eigenvalue weighted by atomic mass is 28.5. The molecule has 1 aliphatic heterocycles. The molecule has 0 radical (unpaired) electrons. The third-order valence-corrected chi connectivity index (χ3v) is 17.2. The standard InChI is InChI=1S/C8H23O4Si4/c1-13(2)9-14(3,4)11-16(7,8)12-15(5,6)10-13/h1H2,2-8H3/q+1. The molecule has 0 atom stereocenters. The van der Waals surface area contributed by atoms with Gasteiger partial charge in [-0.25, -0.2) is 0 Å². The molecule has 1 aliphatic rings. The topological polar surface area (TPSA) is 36.9 Å². The van der Waals surface area contributed by atoms with E-state index in [1.165, 1.54) is 0 Å². The summed E-state index contributed by atoms with van der Waals surface area (Å²) in [5, 5.41) is 0. The first-order chi connectivity index (χ1) is 6.83. The van der Waals surface area contributed by atoms with E-state index >= 15 is 0 Å². The molecule has 4 nitrogen and oxygen atoms in total. The van der Waals surface area contributed by atoms with Gasteiger partial charge in [-0.1, -0.05) is 0 Å². The highest BCUT2D eigenvalue weighted by Gasteiger charge is 2.55. The predicted molar refractivity (Wildman–Crippen MR) is 73.8 cm³/mol. The van der Waals surface area contributed by atoms with E-state index in [9.17, 15) is 0 Å². The highest BCUT2D eigenvalue weighted by molar-refractivity contribution is 6.93. The predicted octanol–water partition coefficient (Wildman–Crippen LogP) is 2.62. The van der Waals surface area contributed by atoms with Gasteiger partial charge in [-0.2, -0.15) is 0 Å². The molecule has 0 N–H and O–H groups in total. The van der Waals surface area contributed by atoms with Gasteiger partial charge in [0.15, 0.2) is 0 Å². The van der Waals surface area contributed by atoms with Gasteiger partial charge in [0.1, 0.15) is 0 Å². The zero-order valence-electron chi connectivity index (χ0n) is 11.3. The van der Waals surface area contributed by atoms with Crippen molar-refractivity contribution in [1.82, 2.24) is 0 Å². The molecule has 0 saturated carbocycles. The summed E-state index contributed by atoms with van der Waals surface area (Å²) in [4.78, 5) is 0. The Bertz CT molecular complexity index is 205. The molecule has 1 heterocycles. The molecule has 0 aromatic heterocycles. The fraction of sp³-hybridized carbons (Fsp3) is 0.875. The molecule has 16 heavy (non-hydrogen) atoms. The van der Waals surface area contributed by atoms with Gasteiger partial charge in [-0.15, -0.1) is 0 Å². The van der Waals surface area contributed by atoms with E-state index in [4.69, 9.17) is 16.5 Å². The summed E-state index contributed by atoms with van der Waals surface area (Å²) in [5.41, 5.74) is 0. The normalized spacial score (nSPS) is 31.4. The van der Waals surface area contributed by atoms with Crippen LogP contribution in [0.25, 0.3) is 0 Å². The van der Waals surface area contributed by atoms with Crippen LogP contribution in [0.5, 0.6) is 0 Å². The summed E-state index contributed by atoms with van der Waals surface area (Å²) < 4.78 is 24.3. The smallest absolute Gasteiger partial charge is 0.416 e.